The standard InChI is InChI=1S/C5H8N2O/c1-4-5(2-8)7-3-6-4/h2,5,7H,3H2,1H3. The van der Waals surface area contributed by atoms with Crippen molar-refractivity contribution in [2.45, 2.75) is 13.0 Å². The first-order valence-electron chi connectivity index (χ1n) is 2.54. The van der Waals surface area contributed by atoms with Crippen LogP contribution < -0.4 is 5.32 Å². The quantitative estimate of drug-likeness (QED) is 0.468. The van der Waals surface area contributed by atoms with Gasteiger partial charge in [0.1, 0.15) is 12.3 Å². The van der Waals surface area contributed by atoms with Crippen molar-refractivity contribution in [3.05, 3.63) is 0 Å². The Kier molecular flexibility index (Phi) is 1.39. The molecule has 3 heteroatoms. The molecule has 1 aliphatic rings. The van der Waals surface area contributed by atoms with Gasteiger partial charge < -0.3 is 4.79 Å². The predicted molar refractivity (Wildman–Crippen MR) is 31.0 cm³/mol. The third kappa shape index (κ3) is 0.767. The fraction of sp³-hybridized carbons (Fsp3) is 0.600. The van der Waals surface area contributed by atoms with Gasteiger partial charge in [0.25, 0.3) is 0 Å². The monoisotopic (exact) mass is 112 g/mol. The van der Waals surface area contributed by atoms with E-state index in [9.17, 15) is 4.79 Å². The maximum atomic E-state index is 10.1. The molecule has 1 unspecified atom stereocenters. The molecule has 1 aliphatic heterocycles. The zero-order valence-corrected chi connectivity index (χ0v) is 4.72. The van der Waals surface area contributed by atoms with Gasteiger partial charge >= 0.3 is 0 Å². The second-order valence-electron chi connectivity index (χ2n) is 1.78. The minimum absolute atomic E-state index is 0.116. The first-order chi connectivity index (χ1) is 3.84. The molecule has 0 spiro atoms. The van der Waals surface area contributed by atoms with Crippen molar-refractivity contribution in [1.82, 2.24) is 5.32 Å². The number of nitrogens with zero attached hydrogens (tertiary/aromatic N) is 1. The summed E-state index contributed by atoms with van der Waals surface area (Å²) in [5, 5.41) is 2.88. The van der Waals surface area contributed by atoms with Gasteiger partial charge in [-0.1, -0.05) is 0 Å². The lowest BCUT2D eigenvalue weighted by Gasteiger charge is -1.97. The van der Waals surface area contributed by atoms with Crippen LogP contribution in [0.25, 0.3) is 0 Å². The lowest BCUT2D eigenvalue weighted by atomic mass is 10.2. The summed E-state index contributed by atoms with van der Waals surface area (Å²) in [4.78, 5) is 14.0. The number of nitrogens with one attached hydrogen (secondary N) is 1. The molecule has 8 heavy (non-hydrogen) atoms. The summed E-state index contributed by atoms with van der Waals surface area (Å²) in [7, 11) is 0. The Morgan fingerprint density at radius 2 is 2.75 bits per heavy atom. The van der Waals surface area contributed by atoms with E-state index in [1.54, 1.807) is 0 Å². The van der Waals surface area contributed by atoms with E-state index in [1.165, 1.54) is 0 Å². The van der Waals surface area contributed by atoms with Crippen LogP contribution in [0.5, 0.6) is 0 Å². The molecule has 0 aromatic heterocycles. The largest absolute Gasteiger partial charge is 0.301 e. The fourth-order valence-corrected chi connectivity index (χ4v) is 0.661. The average molecular weight is 112 g/mol. The van der Waals surface area contributed by atoms with Crippen LogP contribution in [-0.4, -0.2) is 24.7 Å². The minimum Gasteiger partial charge on any atom is -0.301 e. The third-order valence-corrected chi connectivity index (χ3v) is 1.23. The van der Waals surface area contributed by atoms with Crippen molar-refractivity contribution in [3.63, 3.8) is 0 Å². The topological polar surface area (TPSA) is 41.5 Å². The molecule has 0 aliphatic carbocycles. The van der Waals surface area contributed by atoms with Crippen LogP contribution in [-0.2, 0) is 4.79 Å². The highest BCUT2D eigenvalue weighted by atomic mass is 16.1. The van der Waals surface area contributed by atoms with Crippen LogP contribution in [0.1, 0.15) is 6.92 Å². The Morgan fingerprint density at radius 1 is 2.00 bits per heavy atom. The zero-order chi connectivity index (χ0) is 5.98. The van der Waals surface area contributed by atoms with Gasteiger partial charge in [-0.2, -0.15) is 0 Å². The van der Waals surface area contributed by atoms with E-state index >= 15 is 0 Å². The summed E-state index contributed by atoms with van der Waals surface area (Å²) >= 11 is 0. The SMILES string of the molecule is CC1=NCNC1C=O. The molecule has 44 valence electrons. The van der Waals surface area contributed by atoms with Gasteiger partial charge in [0.2, 0.25) is 0 Å². The van der Waals surface area contributed by atoms with Crippen molar-refractivity contribution in [3.8, 4) is 0 Å². The summed E-state index contributed by atoms with van der Waals surface area (Å²) in [5.74, 6) is 0. The number of carbonyl (C=O) groups is 1. The second-order valence-corrected chi connectivity index (χ2v) is 1.78. The van der Waals surface area contributed by atoms with E-state index in [0.29, 0.717) is 6.67 Å². The lowest BCUT2D eigenvalue weighted by molar-refractivity contribution is -0.108. The number of rotatable bonds is 1. The van der Waals surface area contributed by atoms with E-state index in [2.05, 4.69) is 10.3 Å². The molecule has 0 saturated heterocycles. The first kappa shape index (κ1) is 5.44. The second kappa shape index (κ2) is 2.05. The smallest absolute Gasteiger partial charge is 0.142 e. The highest BCUT2D eigenvalue weighted by molar-refractivity contribution is 6.00. The maximum absolute atomic E-state index is 10.1. The molecule has 0 fully saturated rings. The van der Waals surface area contributed by atoms with Crippen LogP contribution in [0.2, 0.25) is 0 Å². The molecule has 0 aromatic carbocycles. The minimum atomic E-state index is -0.116. The molecule has 1 rings (SSSR count). The summed E-state index contributed by atoms with van der Waals surface area (Å²) in [5.41, 5.74) is 0.889. The van der Waals surface area contributed by atoms with Crippen LogP contribution in [0.15, 0.2) is 4.99 Å². The number of aldehydes is 1. The summed E-state index contributed by atoms with van der Waals surface area (Å²) in [6, 6.07) is -0.116. The van der Waals surface area contributed by atoms with Gasteiger partial charge in [-0.05, 0) is 6.92 Å². The Labute approximate surface area is 47.8 Å². The van der Waals surface area contributed by atoms with Crippen LogP contribution in [0.4, 0.5) is 0 Å². The molecule has 1 heterocycles. The maximum Gasteiger partial charge on any atom is 0.142 e. The Hall–Kier alpha value is -0.700. The van der Waals surface area contributed by atoms with E-state index in [1.807, 2.05) is 6.92 Å². The number of aliphatic imine (C=N–C) groups is 1. The summed E-state index contributed by atoms with van der Waals surface area (Å²) < 4.78 is 0. The van der Waals surface area contributed by atoms with E-state index < -0.39 is 0 Å². The van der Waals surface area contributed by atoms with Gasteiger partial charge in [0, 0.05) is 5.71 Å². The molecule has 0 saturated carbocycles. The fourth-order valence-electron chi connectivity index (χ4n) is 0.661. The van der Waals surface area contributed by atoms with E-state index in [-0.39, 0.29) is 6.04 Å². The van der Waals surface area contributed by atoms with Crippen molar-refractivity contribution >= 4 is 12.0 Å². The summed E-state index contributed by atoms with van der Waals surface area (Å²) in [6.45, 7) is 2.44. The number of hydrogen-bond acceptors (Lipinski definition) is 3. The average Bonchev–Trinajstić information content (AvgIpc) is 2.14. The van der Waals surface area contributed by atoms with Gasteiger partial charge in [-0.3, -0.25) is 10.3 Å². The van der Waals surface area contributed by atoms with E-state index in [4.69, 9.17) is 0 Å². The molecular formula is C5H8N2O. The van der Waals surface area contributed by atoms with Gasteiger partial charge in [-0.25, -0.2) is 0 Å². The molecule has 3 nitrogen and oxygen atoms in total. The zero-order valence-electron chi connectivity index (χ0n) is 4.72. The van der Waals surface area contributed by atoms with Crippen molar-refractivity contribution < 1.29 is 4.79 Å². The molecule has 1 atom stereocenters. The van der Waals surface area contributed by atoms with Crippen LogP contribution >= 0.6 is 0 Å². The molecule has 0 aromatic rings. The van der Waals surface area contributed by atoms with Crippen LogP contribution in [0, 0.1) is 0 Å². The highest BCUT2D eigenvalue weighted by Crippen LogP contribution is 1.91. The van der Waals surface area contributed by atoms with E-state index in [0.717, 1.165) is 12.0 Å². The summed E-state index contributed by atoms with van der Waals surface area (Å²) in [6.07, 6.45) is 0.867. The van der Waals surface area contributed by atoms with Gasteiger partial charge in [-0.15, -0.1) is 0 Å². The van der Waals surface area contributed by atoms with Crippen molar-refractivity contribution in [2.75, 3.05) is 6.67 Å². The Balaban J connectivity index is 2.58. The molecular weight excluding hydrogens is 104 g/mol. The first-order valence-corrected chi connectivity index (χ1v) is 2.54. The Bertz CT molecular complexity index is 130. The molecule has 0 radical (unpaired) electrons. The highest BCUT2D eigenvalue weighted by Gasteiger charge is 2.13. The number of hydrogen-bond donors (Lipinski definition) is 1. The lowest BCUT2D eigenvalue weighted by Crippen LogP contribution is -2.29. The normalized spacial score (nSPS) is 27.6. The Morgan fingerprint density at radius 3 is 3.00 bits per heavy atom. The molecule has 1 N–H and O–H groups in total. The van der Waals surface area contributed by atoms with Crippen molar-refractivity contribution in [2.24, 2.45) is 4.99 Å². The number of carbonyl (C=O) groups excluding carboxylic acids is 1. The molecule has 0 bridgehead atoms. The van der Waals surface area contributed by atoms with Crippen molar-refractivity contribution in [1.29, 1.82) is 0 Å². The molecule has 0 amide bonds. The predicted octanol–water partition coefficient (Wildman–Crippen LogP) is -0.425. The van der Waals surface area contributed by atoms with Gasteiger partial charge in [0.05, 0.1) is 6.67 Å². The van der Waals surface area contributed by atoms with Crippen LogP contribution in [0.3, 0.4) is 0 Å². The van der Waals surface area contributed by atoms with Gasteiger partial charge in [0.15, 0.2) is 0 Å². The third-order valence-electron chi connectivity index (χ3n) is 1.23.